The number of hydrogen-bond acceptors (Lipinski definition) is 3. The van der Waals surface area contributed by atoms with E-state index in [2.05, 4.69) is 35.0 Å². The minimum atomic E-state index is 0. The first-order valence-electron chi connectivity index (χ1n) is 7.04. The fraction of sp³-hybridized carbons (Fsp3) is 0.500. The molecule has 3 nitrogen and oxygen atoms in total. The Labute approximate surface area is 140 Å². The van der Waals surface area contributed by atoms with Crippen LogP contribution in [0.1, 0.15) is 24.4 Å². The number of methoxy groups -OCH3 is 1. The lowest BCUT2D eigenvalue weighted by Gasteiger charge is -2.35. The van der Waals surface area contributed by atoms with E-state index in [4.69, 9.17) is 4.74 Å². The van der Waals surface area contributed by atoms with Crippen LogP contribution >= 0.6 is 24.8 Å². The van der Waals surface area contributed by atoms with Crippen molar-refractivity contribution in [2.75, 3.05) is 33.3 Å². The third kappa shape index (κ3) is 5.87. The lowest BCUT2D eigenvalue weighted by molar-refractivity contribution is 0.166. The van der Waals surface area contributed by atoms with Crippen molar-refractivity contribution in [2.24, 2.45) is 0 Å². The molecule has 2 rings (SSSR count). The second kappa shape index (κ2) is 10.9. The van der Waals surface area contributed by atoms with Crippen molar-refractivity contribution in [1.29, 1.82) is 0 Å². The molecule has 1 saturated heterocycles. The molecule has 1 aliphatic heterocycles. The number of rotatable bonds is 6. The molecule has 0 amide bonds. The first-order valence-corrected chi connectivity index (χ1v) is 7.04. The first kappa shape index (κ1) is 20.3. The molecule has 1 heterocycles. The minimum Gasteiger partial charge on any atom is -0.497 e. The average Bonchev–Trinajstić information content (AvgIpc) is 2.49. The molecule has 21 heavy (non-hydrogen) atoms. The van der Waals surface area contributed by atoms with Crippen LogP contribution in [0.4, 0.5) is 0 Å². The quantitative estimate of drug-likeness (QED) is 0.807. The molecule has 0 saturated carbocycles. The lowest BCUT2D eigenvalue weighted by atomic mass is 9.99. The molecule has 1 aromatic carbocycles. The maximum absolute atomic E-state index is 5.35. The normalized spacial score (nSPS) is 16.2. The third-order valence-electron chi connectivity index (χ3n) is 3.72. The molecule has 120 valence electrons. The number of halogens is 2. The Kier molecular flexibility index (Phi) is 10.5. The van der Waals surface area contributed by atoms with Crippen LogP contribution in [0.3, 0.4) is 0 Å². The SMILES string of the molecule is C=CCC[C@H](c1cccc(OC)c1)N1CCNCC1.Cl.Cl. The molecule has 0 bridgehead atoms. The highest BCUT2D eigenvalue weighted by atomic mass is 35.5. The van der Waals surface area contributed by atoms with Crippen LogP contribution in [0.5, 0.6) is 5.75 Å². The van der Waals surface area contributed by atoms with Crippen LogP contribution in [0.25, 0.3) is 0 Å². The van der Waals surface area contributed by atoms with Crippen LogP contribution < -0.4 is 10.1 Å². The highest BCUT2D eigenvalue weighted by molar-refractivity contribution is 5.85. The van der Waals surface area contributed by atoms with Crippen LogP contribution in [-0.4, -0.2) is 38.2 Å². The monoisotopic (exact) mass is 332 g/mol. The van der Waals surface area contributed by atoms with Gasteiger partial charge in [-0.05, 0) is 30.5 Å². The molecular weight excluding hydrogens is 307 g/mol. The number of nitrogens with zero attached hydrogens (tertiary/aromatic N) is 1. The summed E-state index contributed by atoms with van der Waals surface area (Å²) in [5, 5.41) is 3.41. The maximum Gasteiger partial charge on any atom is 0.119 e. The average molecular weight is 333 g/mol. The van der Waals surface area contributed by atoms with Gasteiger partial charge in [-0.15, -0.1) is 31.4 Å². The van der Waals surface area contributed by atoms with E-state index in [1.807, 2.05) is 12.1 Å². The summed E-state index contributed by atoms with van der Waals surface area (Å²) in [7, 11) is 1.72. The number of allylic oxidation sites excluding steroid dienone is 1. The van der Waals surface area contributed by atoms with Gasteiger partial charge in [-0.3, -0.25) is 4.90 Å². The van der Waals surface area contributed by atoms with Crippen LogP contribution in [0.2, 0.25) is 0 Å². The Morgan fingerprint density at radius 2 is 2.05 bits per heavy atom. The van der Waals surface area contributed by atoms with Crippen LogP contribution in [0.15, 0.2) is 36.9 Å². The van der Waals surface area contributed by atoms with Gasteiger partial charge in [-0.1, -0.05) is 18.2 Å². The molecule has 5 heteroatoms. The molecule has 0 radical (unpaired) electrons. The fourth-order valence-electron chi connectivity index (χ4n) is 2.68. The zero-order valence-electron chi connectivity index (χ0n) is 12.6. The standard InChI is InChI=1S/C16H24N2O.2ClH/c1-3-4-8-16(18-11-9-17-10-12-18)14-6-5-7-15(13-14)19-2;;/h3,5-7,13,16-17H,1,4,8-12H2,2H3;2*1H/t16-;;/m1../s1. The molecule has 0 spiro atoms. The summed E-state index contributed by atoms with van der Waals surface area (Å²) in [5.74, 6) is 0.941. The van der Waals surface area contributed by atoms with E-state index in [1.165, 1.54) is 5.56 Å². The summed E-state index contributed by atoms with van der Waals surface area (Å²) >= 11 is 0. The molecule has 1 aromatic rings. The minimum absolute atomic E-state index is 0. The summed E-state index contributed by atoms with van der Waals surface area (Å²) < 4.78 is 5.35. The highest BCUT2D eigenvalue weighted by Crippen LogP contribution is 2.28. The molecular formula is C16H26Cl2N2O. The number of nitrogens with one attached hydrogen (secondary N) is 1. The van der Waals surface area contributed by atoms with E-state index in [-0.39, 0.29) is 24.8 Å². The van der Waals surface area contributed by atoms with E-state index in [9.17, 15) is 0 Å². The van der Waals surface area contributed by atoms with Crippen molar-refractivity contribution in [3.63, 3.8) is 0 Å². The van der Waals surface area contributed by atoms with Gasteiger partial charge in [0, 0.05) is 32.2 Å². The number of benzene rings is 1. The summed E-state index contributed by atoms with van der Waals surface area (Å²) in [6, 6.07) is 8.92. The second-order valence-electron chi connectivity index (χ2n) is 4.94. The van der Waals surface area contributed by atoms with E-state index in [0.717, 1.165) is 44.8 Å². The van der Waals surface area contributed by atoms with Crippen molar-refractivity contribution in [3.8, 4) is 5.75 Å². The molecule has 0 unspecified atom stereocenters. The van der Waals surface area contributed by atoms with Crippen molar-refractivity contribution < 1.29 is 4.74 Å². The molecule has 0 aromatic heterocycles. The Bertz CT molecular complexity index is 409. The number of ether oxygens (including phenoxy) is 1. The van der Waals surface area contributed by atoms with E-state index >= 15 is 0 Å². The Morgan fingerprint density at radius 3 is 2.67 bits per heavy atom. The summed E-state index contributed by atoms with van der Waals surface area (Å²) in [5.41, 5.74) is 1.35. The Balaban J connectivity index is 0.00000200. The Morgan fingerprint density at radius 1 is 1.33 bits per heavy atom. The lowest BCUT2D eigenvalue weighted by Crippen LogP contribution is -2.45. The van der Waals surface area contributed by atoms with E-state index in [0.29, 0.717) is 6.04 Å². The van der Waals surface area contributed by atoms with Gasteiger partial charge >= 0.3 is 0 Å². The number of piperazine rings is 1. The predicted octanol–water partition coefficient (Wildman–Crippen LogP) is 3.45. The topological polar surface area (TPSA) is 24.5 Å². The summed E-state index contributed by atoms with van der Waals surface area (Å²) in [4.78, 5) is 2.56. The van der Waals surface area contributed by atoms with Gasteiger partial charge < -0.3 is 10.1 Å². The Hall–Kier alpha value is -0.740. The zero-order valence-corrected chi connectivity index (χ0v) is 14.2. The van der Waals surface area contributed by atoms with Gasteiger partial charge in [0.25, 0.3) is 0 Å². The van der Waals surface area contributed by atoms with Crippen molar-refractivity contribution in [3.05, 3.63) is 42.5 Å². The van der Waals surface area contributed by atoms with Gasteiger partial charge in [0.1, 0.15) is 5.75 Å². The molecule has 1 atom stereocenters. The highest BCUT2D eigenvalue weighted by Gasteiger charge is 2.21. The summed E-state index contributed by atoms with van der Waals surface area (Å²) in [6.45, 7) is 8.23. The van der Waals surface area contributed by atoms with Gasteiger partial charge in [0.2, 0.25) is 0 Å². The predicted molar refractivity (Wildman–Crippen MR) is 94.1 cm³/mol. The molecule has 0 aliphatic carbocycles. The molecule has 1 N–H and O–H groups in total. The number of hydrogen-bond donors (Lipinski definition) is 1. The van der Waals surface area contributed by atoms with Gasteiger partial charge in [-0.2, -0.15) is 0 Å². The first-order chi connectivity index (χ1) is 9.35. The van der Waals surface area contributed by atoms with Crippen molar-refractivity contribution in [2.45, 2.75) is 18.9 Å². The molecule has 1 aliphatic rings. The van der Waals surface area contributed by atoms with Gasteiger partial charge in [0.05, 0.1) is 7.11 Å². The fourth-order valence-corrected chi connectivity index (χ4v) is 2.68. The van der Waals surface area contributed by atoms with Crippen molar-refractivity contribution in [1.82, 2.24) is 10.2 Å². The van der Waals surface area contributed by atoms with E-state index in [1.54, 1.807) is 7.11 Å². The van der Waals surface area contributed by atoms with Crippen molar-refractivity contribution >= 4 is 24.8 Å². The van der Waals surface area contributed by atoms with Gasteiger partial charge in [-0.25, -0.2) is 0 Å². The van der Waals surface area contributed by atoms with E-state index < -0.39 is 0 Å². The van der Waals surface area contributed by atoms with Crippen LogP contribution in [-0.2, 0) is 0 Å². The van der Waals surface area contributed by atoms with Crippen LogP contribution in [0, 0.1) is 0 Å². The van der Waals surface area contributed by atoms with Gasteiger partial charge in [0.15, 0.2) is 0 Å². The summed E-state index contributed by atoms with van der Waals surface area (Å²) in [6.07, 6.45) is 4.18. The maximum atomic E-state index is 5.35. The third-order valence-corrected chi connectivity index (χ3v) is 3.72. The smallest absolute Gasteiger partial charge is 0.119 e. The largest absolute Gasteiger partial charge is 0.497 e. The molecule has 1 fully saturated rings. The second-order valence-corrected chi connectivity index (χ2v) is 4.94. The zero-order chi connectivity index (χ0) is 13.5.